The smallest absolute Gasteiger partial charge is 0.260 e. The van der Waals surface area contributed by atoms with Crippen molar-refractivity contribution in [2.45, 2.75) is 20.0 Å². The molecule has 1 atom stereocenters. The molecule has 0 bridgehead atoms. The molecular weight excluding hydrogens is 360 g/mol. The molecule has 2 aromatic rings. The van der Waals surface area contributed by atoms with E-state index in [9.17, 15) is 4.79 Å². The van der Waals surface area contributed by atoms with Crippen LogP contribution in [0.4, 0.5) is 5.95 Å². The lowest BCUT2D eigenvalue weighted by Gasteiger charge is -2.16. The zero-order chi connectivity index (χ0) is 16.7. The van der Waals surface area contributed by atoms with Gasteiger partial charge >= 0.3 is 0 Å². The average molecular weight is 379 g/mol. The number of benzene rings is 1. The molecule has 0 aliphatic rings. The quantitative estimate of drug-likeness (QED) is 0.724. The van der Waals surface area contributed by atoms with E-state index in [0.717, 1.165) is 10.0 Å². The van der Waals surface area contributed by atoms with Gasteiger partial charge in [-0.25, -0.2) is 9.97 Å². The third-order valence-electron chi connectivity index (χ3n) is 3.03. The third-order valence-corrected chi connectivity index (χ3v) is 3.65. The van der Waals surface area contributed by atoms with Crippen LogP contribution in [0.1, 0.15) is 12.5 Å². The first kappa shape index (κ1) is 17.2. The molecule has 1 heterocycles. The van der Waals surface area contributed by atoms with Crippen molar-refractivity contribution in [3.8, 4) is 5.75 Å². The van der Waals surface area contributed by atoms with Crippen LogP contribution in [0, 0.1) is 6.92 Å². The van der Waals surface area contributed by atoms with Crippen LogP contribution in [-0.4, -0.2) is 35.1 Å². The van der Waals surface area contributed by atoms with Gasteiger partial charge in [0.25, 0.3) is 5.91 Å². The number of carbonyl (C=O) groups is 1. The second-order valence-electron chi connectivity index (χ2n) is 4.98. The maximum absolute atomic E-state index is 12.0. The number of nitrogens with zero attached hydrogens (tertiary/aromatic N) is 2. The maximum Gasteiger partial charge on any atom is 0.260 e. The van der Waals surface area contributed by atoms with Crippen LogP contribution in [0.25, 0.3) is 0 Å². The molecule has 23 heavy (non-hydrogen) atoms. The third kappa shape index (κ3) is 5.52. The van der Waals surface area contributed by atoms with E-state index in [4.69, 9.17) is 4.74 Å². The molecule has 1 aromatic carbocycles. The Bertz CT molecular complexity index is 652. The van der Waals surface area contributed by atoms with Gasteiger partial charge in [0.2, 0.25) is 5.95 Å². The number of halogens is 1. The standard InChI is InChI=1S/C16H19BrN4O2/c1-11-4-5-14(13(17)10-11)23-12(2)15(22)18-8-9-21-16-19-6-3-7-20-16/h3-7,10,12H,8-9H2,1-2H3,(H,18,22)(H,19,20,21). The first-order valence-corrected chi connectivity index (χ1v) is 8.07. The van der Waals surface area contributed by atoms with Crippen molar-refractivity contribution in [1.29, 1.82) is 0 Å². The molecule has 0 aliphatic carbocycles. The Kier molecular flexibility index (Phi) is 6.34. The monoisotopic (exact) mass is 378 g/mol. The summed E-state index contributed by atoms with van der Waals surface area (Å²) in [6.07, 6.45) is 2.73. The van der Waals surface area contributed by atoms with E-state index < -0.39 is 6.10 Å². The highest BCUT2D eigenvalue weighted by atomic mass is 79.9. The number of carbonyl (C=O) groups excluding carboxylic acids is 1. The molecule has 0 aliphatic heterocycles. The van der Waals surface area contributed by atoms with Crippen LogP contribution in [-0.2, 0) is 4.79 Å². The minimum atomic E-state index is -0.581. The van der Waals surface area contributed by atoms with E-state index in [1.54, 1.807) is 25.4 Å². The van der Waals surface area contributed by atoms with Crippen LogP contribution >= 0.6 is 15.9 Å². The van der Waals surface area contributed by atoms with Crippen molar-refractivity contribution in [2.24, 2.45) is 0 Å². The Morgan fingerprint density at radius 3 is 2.74 bits per heavy atom. The number of hydrogen-bond donors (Lipinski definition) is 2. The zero-order valence-electron chi connectivity index (χ0n) is 13.0. The SMILES string of the molecule is Cc1ccc(OC(C)C(=O)NCCNc2ncccn2)c(Br)c1. The van der Waals surface area contributed by atoms with Crippen LogP contribution < -0.4 is 15.4 Å². The van der Waals surface area contributed by atoms with Crippen molar-refractivity contribution < 1.29 is 9.53 Å². The van der Waals surface area contributed by atoms with E-state index in [-0.39, 0.29) is 5.91 Å². The summed E-state index contributed by atoms with van der Waals surface area (Å²) >= 11 is 3.43. The van der Waals surface area contributed by atoms with Crippen molar-refractivity contribution in [3.05, 3.63) is 46.7 Å². The van der Waals surface area contributed by atoms with Gasteiger partial charge in [0.15, 0.2) is 6.10 Å². The van der Waals surface area contributed by atoms with Gasteiger partial charge in [-0.1, -0.05) is 6.07 Å². The largest absolute Gasteiger partial charge is 0.480 e. The predicted molar refractivity (Wildman–Crippen MR) is 92.5 cm³/mol. The normalized spacial score (nSPS) is 11.6. The van der Waals surface area contributed by atoms with Crippen LogP contribution in [0.15, 0.2) is 41.1 Å². The Morgan fingerprint density at radius 1 is 1.30 bits per heavy atom. The highest BCUT2D eigenvalue weighted by Crippen LogP contribution is 2.26. The molecule has 1 unspecified atom stereocenters. The summed E-state index contributed by atoms with van der Waals surface area (Å²) in [5, 5.41) is 5.83. The second kappa shape index (κ2) is 8.47. The lowest BCUT2D eigenvalue weighted by molar-refractivity contribution is -0.127. The van der Waals surface area contributed by atoms with Gasteiger partial charge in [0, 0.05) is 25.5 Å². The summed E-state index contributed by atoms with van der Waals surface area (Å²) in [5.41, 5.74) is 1.12. The number of ether oxygens (including phenoxy) is 1. The molecular formula is C16H19BrN4O2. The number of anilines is 1. The van der Waals surface area contributed by atoms with Gasteiger partial charge in [-0.3, -0.25) is 4.79 Å². The predicted octanol–water partition coefficient (Wildman–Crippen LogP) is 2.54. The molecule has 122 valence electrons. The van der Waals surface area contributed by atoms with Gasteiger partial charge in [-0.05, 0) is 53.5 Å². The highest BCUT2D eigenvalue weighted by Gasteiger charge is 2.15. The van der Waals surface area contributed by atoms with Gasteiger partial charge < -0.3 is 15.4 Å². The average Bonchev–Trinajstić information content (AvgIpc) is 2.55. The molecule has 2 rings (SSSR count). The Morgan fingerprint density at radius 2 is 2.04 bits per heavy atom. The fourth-order valence-electron chi connectivity index (χ4n) is 1.84. The van der Waals surface area contributed by atoms with Gasteiger partial charge in [-0.2, -0.15) is 0 Å². The first-order chi connectivity index (χ1) is 11.1. The molecule has 0 fully saturated rings. The number of aryl methyl sites for hydroxylation is 1. The molecule has 2 N–H and O–H groups in total. The number of aromatic nitrogens is 2. The summed E-state index contributed by atoms with van der Waals surface area (Å²) < 4.78 is 6.51. The van der Waals surface area contributed by atoms with Crippen molar-refractivity contribution in [2.75, 3.05) is 18.4 Å². The van der Waals surface area contributed by atoms with E-state index in [1.807, 2.05) is 25.1 Å². The van der Waals surface area contributed by atoms with Crippen molar-refractivity contribution in [1.82, 2.24) is 15.3 Å². The van der Waals surface area contributed by atoms with Crippen LogP contribution in [0.2, 0.25) is 0 Å². The lowest BCUT2D eigenvalue weighted by atomic mass is 10.2. The van der Waals surface area contributed by atoms with Crippen molar-refractivity contribution >= 4 is 27.8 Å². The van der Waals surface area contributed by atoms with Crippen molar-refractivity contribution in [3.63, 3.8) is 0 Å². The van der Waals surface area contributed by atoms with E-state index in [0.29, 0.717) is 24.8 Å². The highest BCUT2D eigenvalue weighted by molar-refractivity contribution is 9.10. The summed E-state index contributed by atoms with van der Waals surface area (Å²) in [6, 6.07) is 7.48. The number of hydrogen-bond acceptors (Lipinski definition) is 5. The molecule has 0 saturated heterocycles. The molecule has 1 amide bonds. The topological polar surface area (TPSA) is 76.1 Å². The lowest BCUT2D eigenvalue weighted by Crippen LogP contribution is -2.38. The van der Waals surface area contributed by atoms with Gasteiger partial charge in [-0.15, -0.1) is 0 Å². The molecule has 7 heteroatoms. The number of rotatable bonds is 7. The molecule has 0 spiro atoms. The minimum Gasteiger partial charge on any atom is -0.480 e. The molecule has 0 radical (unpaired) electrons. The first-order valence-electron chi connectivity index (χ1n) is 7.27. The van der Waals surface area contributed by atoms with Gasteiger partial charge in [0.05, 0.1) is 4.47 Å². The van der Waals surface area contributed by atoms with E-state index in [1.165, 1.54) is 0 Å². The molecule has 1 aromatic heterocycles. The van der Waals surface area contributed by atoms with Crippen LogP contribution in [0.3, 0.4) is 0 Å². The van der Waals surface area contributed by atoms with E-state index >= 15 is 0 Å². The second-order valence-corrected chi connectivity index (χ2v) is 5.84. The Balaban J connectivity index is 1.74. The summed E-state index contributed by atoms with van der Waals surface area (Å²) in [6.45, 7) is 4.71. The zero-order valence-corrected chi connectivity index (χ0v) is 14.6. The van der Waals surface area contributed by atoms with E-state index in [2.05, 4.69) is 36.5 Å². The Labute approximate surface area is 143 Å². The fourth-order valence-corrected chi connectivity index (χ4v) is 2.43. The molecule has 0 saturated carbocycles. The summed E-state index contributed by atoms with van der Waals surface area (Å²) in [7, 11) is 0. The number of amides is 1. The number of nitrogens with one attached hydrogen (secondary N) is 2. The fraction of sp³-hybridized carbons (Fsp3) is 0.312. The minimum absolute atomic E-state index is 0.173. The Hall–Kier alpha value is -2.15. The summed E-state index contributed by atoms with van der Waals surface area (Å²) in [5.74, 6) is 1.01. The maximum atomic E-state index is 12.0. The van der Waals surface area contributed by atoms with Gasteiger partial charge in [0.1, 0.15) is 5.75 Å². The molecule has 6 nitrogen and oxygen atoms in total. The summed E-state index contributed by atoms with van der Waals surface area (Å²) in [4.78, 5) is 20.1. The van der Waals surface area contributed by atoms with Crippen LogP contribution in [0.5, 0.6) is 5.75 Å².